The van der Waals surface area contributed by atoms with Gasteiger partial charge in [-0.2, -0.15) is 9.40 Å². The summed E-state index contributed by atoms with van der Waals surface area (Å²) in [4.78, 5) is 15.9. The highest BCUT2D eigenvalue weighted by Crippen LogP contribution is 2.30. The molecule has 29 heavy (non-hydrogen) atoms. The molecule has 0 radical (unpaired) electrons. The number of pyridine rings is 1. The van der Waals surface area contributed by atoms with Gasteiger partial charge >= 0.3 is 0 Å². The number of rotatable bonds is 4. The van der Waals surface area contributed by atoms with Crippen LogP contribution in [0.1, 0.15) is 42.5 Å². The number of H-pyrrole nitrogens is 1. The number of hydrogen-bond donors (Lipinski definition) is 1. The van der Waals surface area contributed by atoms with Gasteiger partial charge in [-0.3, -0.25) is 9.48 Å². The normalized spacial score (nSPS) is 18.4. The van der Waals surface area contributed by atoms with Crippen molar-refractivity contribution >= 4 is 20.8 Å². The van der Waals surface area contributed by atoms with Crippen molar-refractivity contribution in [2.45, 2.75) is 51.0 Å². The zero-order chi connectivity index (χ0) is 20.8. The lowest BCUT2D eigenvalue weighted by molar-refractivity contribution is 0.312. The van der Waals surface area contributed by atoms with Crippen LogP contribution in [0.15, 0.2) is 40.3 Å². The van der Waals surface area contributed by atoms with Crippen LogP contribution in [-0.2, 0) is 16.6 Å². The van der Waals surface area contributed by atoms with Gasteiger partial charge in [0.2, 0.25) is 10.0 Å². The van der Waals surface area contributed by atoms with Gasteiger partial charge in [-0.25, -0.2) is 8.42 Å². The van der Waals surface area contributed by atoms with E-state index in [1.165, 1.54) is 10.5 Å². The number of aromatic amines is 1. The van der Waals surface area contributed by atoms with Crippen molar-refractivity contribution in [1.29, 1.82) is 0 Å². The van der Waals surface area contributed by atoms with Gasteiger partial charge in [-0.1, -0.05) is 17.7 Å². The molecule has 0 spiro atoms. The van der Waals surface area contributed by atoms with Crippen molar-refractivity contribution in [3.8, 4) is 0 Å². The maximum absolute atomic E-state index is 13.1. The minimum absolute atomic E-state index is 0.0438. The fraction of sp³-hybridized carbons (Fsp3) is 0.429. The average molecular weight is 415 g/mol. The number of hydrogen-bond acceptors (Lipinski definition) is 4. The Morgan fingerprint density at radius 3 is 2.76 bits per heavy atom. The molecular weight excluding hydrogens is 388 g/mol. The molecule has 0 amide bonds. The minimum Gasteiger partial charge on any atom is -0.325 e. The Morgan fingerprint density at radius 1 is 1.24 bits per heavy atom. The largest absolute Gasteiger partial charge is 0.325 e. The number of benzene rings is 1. The van der Waals surface area contributed by atoms with Gasteiger partial charge in [0.05, 0.1) is 6.20 Å². The second kappa shape index (κ2) is 7.42. The molecule has 1 N–H and O–H groups in total. The van der Waals surface area contributed by atoms with Crippen molar-refractivity contribution in [3.05, 3.63) is 57.8 Å². The van der Waals surface area contributed by atoms with Crippen molar-refractivity contribution < 1.29 is 8.42 Å². The standard InChI is InChI=1S/C21H26N4O3S/c1-4-24-13-18(11-22-24)29(27,28)25-7-5-6-16(12-25)19-10-17-9-14(2)8-15(3)20(17)21(26)23-19/h8-11,13,16H,4-7,12H2,1-3H3,(H,23,26). The van der Waals surface area contributed by atoms with Gasteiger partial charge in [-0.05, 0) is 50.6 Å². The molecule has 0 bridgehead atoms. The van der Waals surface area contributed by atoms with Gasteiger partial charge in [-0.15, -0.1) is 0 Å². The molecular formula is C21H26N4O3S. The lowest BCUT2D eigenvalue weighted by Gasteiger charge is -2.31. The highest BCUT2D eigenvalue weighted by molar-refractivity contribution is 7.89. The number of aryl methyl sites for hydroxylation is 3. The Balaban J connectivity index is 1.67. The van der Waals surface area contributed by atoms with Crippen LogP contribution < -0.4 is 5.56 Å². The molecule has 1 aliphatic heterocycles. The molecule has 1 atom stereocenters. The zero-order valence-electron chi connectivity index (χ0n) is 17.0. The van der Waals surface area contributed by atoms with E-state index < -0.39 is 10.0 Å². The first kappa shape index (κ1) is 19.8. The third kappa shape index (κ3) is 3.62. The van der Waals surface area contributed by atoms with Crippen LogP contribution in [0.4, 0.5) is 0 Å². The SMILES string of the molecule is CCn1cc(S(=O)(=O)N2CCCC(c3cc4cc(C)cc(C)c4c(=O)[nH]3)C2)cn1. The van der Waals surface area contributed by atoms with Crippen LogP contribution in [-0.4, -0.2) is 40.6 Å². The smallest absolute Gasteiger partial charge is 0.256 e. The van der Waals surface area contributed by atoms with Gasteiger partial charge in [0, 0.05) is 42.8 Å². The molecule has 3 aromatic rings. The summed E-state index contributed by atoms with van der Waals surface area (Å²) >= 11 is 0. The molecule has 1 aromatic carbocycles. The monoisotopic (exact) mass is 414 g/mol. The third-order valence-electron chi connectivity index (χ3n) is 5.70. The first-order valence-corrected chi connectivity index (χ1v) is 11.4. The molecule has 1 aliphatic rings. The van der Waals surface area contributed by atoms with Gasteiger partial charge < -0.3 is 4.98 Å². The fourth-order valence-electron chi connectivity index (χ4n) is 4.26. The molecule has 2 aromatic heterocycles. The van der Waals surface area contributed by atoms with Crippen LogP contribution in [0, 0.1) is 13.8 Å². The molecule has 154 valence electrons. The van der Waals surface area contributed by atoms with E-state index in [1.807, 2.05) is 39.0 Å². The fourth-order valence-corrected chi connectivity index (χ4v) is 5.74. The lowest BCUT2D eigenvalue weighted by atomic mass is 9.93. The second-order valence-corrected chi connectivity index (χ2v) is 9.77. The maximum atomic E-state index is 13.1. The summed E-state index contributed by atoms with van der Waals surface area (Å²) in [5.41, 5.74) is 2.75. The number of aromatic nitrogens is 3. The number of piperidine rings is 1. The van der Waals surface area contributed by atoms with E-state index in [0.29, 0.717) is 25.0 Å². The van der Waals surface area contributed by atoms with Crippen molar-refractivity contribution in [2.75, 3.05) is 13.1 Å². The molecule has 3 heterocycles. The summed E-state index contributed by atoms with van der Waals surface area (Å²) in [5, 5.41) is 5.71. The van der Waals surface area contributed by atoms with E-state index in [0.717, 1.165) is 35.0 Å². The molecule has 1 fully saturated rings. The van der Waals surface area contributed by atoms with Gasteiger partial charge in [0.1, 0.15) is 4.90 Å². The third-order valence-corrected chi connectivity index (χ3v) is 7.52. The maximum Gasteiger partial charge on any atom is 0.256 e. The Labute approximate surface area is 170 Å². The first-order valence-electron chi connectivity index (χ1n) is 9.96. The molecule has 4 rings (SSSR count). The Hall–Kier alpha value is -2.45. The average Bonchev–Trinajstić information content (AvgIpc) is 3.17. The molecule has 0 saturated carbocycles. The summed E-state index contributed by atoms with van der Waals surface area (Å²) in [6.07, 6.45) is 4.57. The summed E-state index contributed by atoms with van der Waals surface area (Å²) in [6, 6.07) is 6.02. The van der Waals surface area contributed by atoms with Crippen molar-refractivity contribution in [3.63, 3.8) is 0 Å². The summed E-state index contributed by atoms with van der Waals surface area (Å²) in [7, 11) is -3.60. The number of fused-ring (bicyclic) bond motifs is 1. The van der Waals surface area contributed by atoms with Crippen LogP contribution in [0.5, 0.6) is 0 Å². The lowest BCUT2D eigenvalue weighted by Crippen LogP contribution is -2.39. The van der Waals surface area contributed by atoms with Crippen LogP contribution in [0.25, 0.3) is 10.8 Å². The molecule has 8 heteroatoms. The quantitative estimate of drug-likeness (QED) is 0.711. The predicted octanol–water partition coefficient (Wildman–Crippen LogP) is 2.93. The van der Waals surface area contributed by atoms with Gasteiger partial charge in [0.25, 0.3) is 5.56 Å². The predicted molar refractivity (Wildman–Crippen MR) is 113 cm³/mol. The topological polar surface area (TPSA) is 88.1 Å². The Morgan fingerprint density at radius 2 is 2.03 bits per heavy atom. The van der Waals surface area contributed by atoms with E-state index >= 15 is 0 Å². The van der Waals surface area contributed by atoms with Crippen LogP contribution >= 0.6 is 0 Å². The van der Waals surface area contributed by atoms with Crippen LogP contribution in [0.3, 0.4) is 0 Å². The number of nitrogens with zero attached hydrogens (tertiary/aromatic N) is 3. The minimum atomic E-state index is -3.60. The van der Waals surface area contributed by atoms with E-state index in [-0.39, 0.29) is 16.4 Å². The van der Waals surface area contributed by atoms with E-state index in [1.54, 1.807) is 10.9 Å². The van der Waals surface area contributed by atoms with Crippen molar-refractivity contribution in [2.24, 2.45) is 0 Å². The Bertz CT molecular complexity index is 1230. The van der Waals surface area contributed by atoms with Crippen LogP contribution in [0.2, 0.25) is 0 Å². The zero-order valence-corrected chi connectivity index (χ0v) is 17.8. The Kier molecular flexibility index (Phi) is 5.08. The van der Waals surface area contributed by atoms with Gasteiger partial charge in [0.15, 0.2) is 0 Å². The van der Waals surface area contributed by atoms with E-state index in [9.17, 15) is 13.2 Å². The number of sulfonamides is 1. The van der Waals surface area contributed by atoms with Crippen molar-refractivity contribution in [1.82, 2.24) is 19.1 Å². The summed E-state index contributed by atoms with van der Waals surface area (Å²) in [6.45, 7) is 7.32. The molecule has 0 aliphatic carbocycles. The number of nitrogens with one attached hydrogen (secondary N) is 1. The highest BCUT2D eigenvalue weighted by Gasteiger charge is 2.32. The summed E-state index contributed by atoms with van der Waals surface area (Å²) < 4.78 is 29.3. The van der Waals surface area contributed by atoms with E-state index in [2.05, 4.69) is 10.1 Å². The second-order valence-electron chi connectivity index (χ2n) is 7.83. The highest BCUT2D eigenvalue weighted by atomic mass is 32.2. The first-order chi connectivity index (χ1) is 13.8. The summed E-state index contributed by atoms with van der Waals surface area (Å²) in [5.74, 6) is -0.0438. The molecule has 7 nitrogen and oxygen atoms in total. The molecule has 1 unspecified atom stereocenters. The molecule has 1 saturated heterocycles. The van der Waals surface area contributed by atoms with E-state index in [4.69, 9.17) is 0 Å².